The van der Waals surface area contributed by atoms with Crippen molar-refractivity contribution >= 4 is 46.8 Å². The lowest BCUT2D eigenvalue weighted by Crippen LogP contribution is -2.58. The van der Waals surface area contributed by atoms with E-state index in [-0.39, 0.29) is 43.5 Å². The molecule has 6 atom stereocenters. The van der Waals surface area contributed by atoms with Crippen LogP contribution in [0.3, 0.4) is 0 Å². The van der Waals surface area contributed by atoms with Gasteiger partial charge in [0.1, 0.15) is 6.04 Å². The van der Waals surface area contributed by atoms with Gasteiger partial charge in [0.25, 0.3) is 5.91 Å². The minimum atomic E-state index is -0.858. The molecule has 3 aliphatic heterocycles. The molecule has 3 fully saturated rings. The summed E-state index contributed by atoms with van der Waals surface area (Å²) in [5.74, 6) is -2.05. The third kappa shape index (κ3) is 4.49. The summed E-state index contributed by atoms with van der Waals surface area (Å²) in [6, 6.07) is 5.71. The summed E-state index contributed by atoms with van der Waals surface area (Å²) < 4.78 is 4.15. The second-order valence-electron chi connectivity index (χ2n) is 10.9. The SMILES string of the molecule is C=CCN(C(=O)C1N([C@@H](CO)CC(C)C)C(=O)[C@@H]2[C@@H](C(=O)OCC)[C@@]3(C)CCC12S3)c1ccccc1Cl. The van der Waals surface area contributed by atoms with Crippen LogP contribution in [-0.2, 0) is 19.1 Å². The van der Waals surface area contributed by atoms with Gasteiger partial charge in [0.2, 0.25) is 5.91 Å². The molecule has 9 heteroatoms. The first-order valence-electron chi connectivity index (χ1n) is 13.0. The number of carbonyl (C=O) groups is 3. The van der Waals surface area contributed by atoms with E-state index in [2.05, 4.69) is 6.58 Å². The summed E-state index contributed by atoms with van der Waals surface area (Å²) in [5.41, 5.74) is 0.538. The minimum Gasteiger partial charge on any atom is -0.466 e. The summed E-state index contributed by atoms with van der Waals surface area (Å²) in [4.78, 5) is 45.3. The highest BCUT2D eigenvalue weighted by Gasteiger charge is 2.78. The lowest BCUT2D eigenvalue weighted by atomic mass is 9.66. The van der Waals surface area contributed by atoms with Crippen molar-refractivity contribution in [3.8, 4) is 0 Å². The van der Waals surface area contributed by atoms with Gasteiger partial charge in [-0.2, -0.15) is 0 Å². The van der Waals surface area contributed by atoms with Gasteiger partial charge in [-0.1, -0.05) is 43.7 Å². The maximum atomic E-state index is 14.6. The average Bonchev–Trinajstić information content (AvgIpc) is 3.42. The average molecular weight is 549 g/mol. The second kappa shape index (κ2) is 10.6. The molecule has 1 aromatic rings. The number of aliphatic hydroxyl groups excluding tert-OH is 1. The smallest absolute Gasteiger partial charge is 0.311 e. The van der Waals surface area contributed by atoms with E-state index in [1.807, 2.05) is 26.8 Å². The molecule has 202 valence electrons. The zero-order valence-electron chi connectivity index (χ0n) is 22.0. The van der Waals surface area contributed by atoms with Crippen molar-refractivity contribution < 1.29 is 24.2 Å². The molecule has 0 aliphatic carbocycles. The molecule has 0 radical (unpaired) electrons. The van der Waals surface area contributed by atoms with Gasteiger partial charge in [0.05, 0.1) is 46.5 Å². The number of halogens is 1. The number of fused-ring (bicyclic) bond motifs is 1. The second-order valence-corrected chi connectivity index (χ2v) is 13.2. The van der Waals surface area contributed by atoms with Crippen LogP contribution >= 0.6 is 23.4 Å². The van der Waals surface area contributed by atoms with E-state index < -0.39 is 33.4 Å². The molecule has 7 nitrogen and oxygen atoms in total. The van der Waals surface area contributed by atoms with Crippen LogP contribution in [-0.4, -0.2) is 69.1 Å². The summed E-state index contributed by atoms with van der Waals surface area (Å²) in [5, 5.41) is 10.9. The number of aliphatic hydroxyl groups is 1. The predicted molar refractivity (Wildman–Crippen MR) is 147 cm³/mol. The maximum absolute atomic E-state index is 14.6. The van der Waals surface area contributed by atoms with Crippen molar-refractivity contribution in [1.82, 2.24) is 4.90 Å². The first-order valence-corrected chi connectivity index (χ1v) is 14.2. The van der Waals surface area contributed by atoms with E-state index in [4.69, 9.17) is 16.3 Å². The molecule has 37 heavy (non-hydrogen) atoms. The number of likely N-dealkylation sites (tertiary alicyclic amines) is 1. The van der Waals surface area contributed by atoms with Crippen molar-refractivity contribution in [2.24, 2.45) is 17.8 Å². The standard InChI is InChI=1S/C28H37ClN2O5S/c1-6-14-30(20-11-9-8-10-19(20)29)25(34)23-28-13-12-27(5,37-28)22(26(35)36-7-2)21(28)24(33)31(23)18(16-32)15-17(3)4/h6,8-11,17-18,21-23,32H,1,7,12-16H2,2-5H3/t18-,21+,22+,23?,27-,28?/m1/s1. The Kier molecular flexibility index (Phi) is 8.03. The number of benzene rings is 1. The highest BCUT2D eigenvalue weighted by atomic mass is 35.5. The van der Waals surface area contributed by atoms with Gasteiger partial charge in [-0.25, -0.2) is 0 Å². The number of para-hydroxylation sites is 1. The van der Waals surface area contributed by atoms with Crippen LogP contribution in [0, 0.1) is 17.8 Å². The number of anilines is 1. The maximum Gasteiger partial charge on any atom is 0.311 e. The van der Waals surface area contributed by atoms with E-state index in [0.29, 0.717) is 30.0 Å². The van der Waals surface area contributed by atoms with Crippen LogP contribution in [0.15, 0.2) is 36.9 Å². The Labute approximate surface area is 228 Å². The zero-order chi connectivity index (χ0) is 27.1. The molecule has 1 spiro atoms. The van der Waals surface area contributed by atoms with Gasteiger partial charge in [-0.3, -0.25) is 14.4 Å². The number of amides is 2. The first kappa shape index (κ1) is 28.0. The van der Waals surface area contributed by atoms with Crippen LogP contribution in [0.4, 0.5) is 5.69 Å². The van der Waals surface area contributed by atoms with Crippen LogP contribution < -0.4 is 4.90 Å². The molecule has 0 saturated carbocycles. The molecule has 3 heterocycles. The van der Waals surface area contributed by atoms with E-state index in [1.165, 1.54) is 0 Å². The molecule has 1 N–H and O–H groups in total. The Morgan fingerprint density at radius 3 is 2.65 bits per heavy atom. The van der Waals surface area contributed by atoms with E-state index in [0.717, 1.165) is 0 Å². The molecule has 2 unspecified atom stereocenters. The van der Waals surface area contributed by atoms with Crippen molar-refractivity contribution in [2.45, 2.75) is 68.5 Å². The number of hydrogen-bond donors (Lipinski definition) is 1. The number of hydrogen-bond acceptors (Lipinski definition) is 6. The number of rotatable bonds is 10. The molecule has 1 aromatic carbocycles. The number of carbonyl (C=O) groups excluding carboxylic acids is 3. The molecule has 4 rings (SSSR count). The quantitative estimate of drug-likeness (QED) is 0.346. The van der Waals surface area contributed by atoms with E-state index in [1.54, 1.807) is 52.8 Å². The number of esters is 1. The van der Waals surface area contributed by atoms with Gasteiger partial charge in [-0.05, 0) is 51.2 Å². The topological polar surface area (TPSA) is 87.2 Å². The zero-order valence-corrected chi connectivity index (χ0v) is 23.6. The molecule has 2 bridgehead atoms. The molecule has 3 saturated heterocycles. The lowest BCUT2D eigenvalue weighted by Gasteiger charge is -2.40. The van der Waals surface area contributed by atoms with Crippen LogP contribution in [0.5, 0.6) is 0 Å². The monoisotopic (exact) mass is 548 g/mol. The third-order valence-corrected chi connectivity index (χ3v) is 10.4. The molecular weight excluding hydrogens is 512 g/mol. The van der Waals surface area contributed by atoms with Crippen LogP contribution in [0.25, 0.3) is 0 Å². The lowest BCUT2D eigenvalue weighted by molar-refractivity contribution is -0.155. The van der Waals surface area contributed by atoms with Gasteiger partial charge in [0.15, 0.2) is 0 Å². The Bertz CT molecular complexity index is 1080. The first-order chi connectivity index (χ1) is 17.6. The van der Waals surface area contributed by atoms with Crippen molar-refractivity contribution in [3.05, 3.63) is 41.9 Å². The highest BCUT2D eigenvalue weighted by molar-refractivity contribution is 8.02. The van der Waals surface area contributed by atoms with Crippen molar-refractivity contribution in [1.29, 1.82) is 0 Å². The number of thioether (sulfide) groups is 1. The predicted octanol–water partition coefficient (Wildman–Crippen LogP) is 4.31. The fourth-order valence-electron chi connectivity index (χ4n) is 6.70. The van der Waals surface area contributed by atoms with E-state index >= 15 is 0 Å². The molecular formula is C28H37ClN2O5S. The Morgan fingerprint density at radius 2 is 2.05 bits per heavy atom. The van der Waals surface area contributed by atoms with Gasteiger partial charge in [-0.15, -0.1) is 18.3 Å². The van der Waals surface area contributed by atoms with Gasteiger partial charge in [0, 0.05) is 11.3 Å². The third-order valence-electron chi connectivity index (χ3n) is 8.06. The summed E-state index contributed by atoms with van der Waals surface area (Å²) in [6.07, 6.45) is 3.49. The van der Waals surface area contributed by atoms with Gasteiger partial charge >= 0.3 is 5.97 Å². The van der Waals surface area contributed by atoms with Crippen molar-refractivity contribution in [3.63, 3.8) is 0 Å². The number of nitrogens with zero attached hydrogens (tertiary/aromatic N) is 2. The Morgan fingerprint density at radius 1 is 1.35 bits per heavy atom. The molecule has 2 amide bonds. The highest BCUT2D eigenvalue weighted by Crippen LogP contribution is 2.72. The normalized spacial score (nSPS) is 30.9. The Hall–Kier alpha value is -2.03. The largest absolute Gasteiger partial charge is 0.466 e. The number of ether oxygens (including phenoxy) is 1. The Balaban J connectivity index is 1.87. The minimum absolute atomic E-state index is 0.189. The summed E-state index contributed by atoms with van der Waals surface area (Å²) in [7, 11) is 0. The molecule has 0 aromatic heterocycles. The fourth-order valence-corrected chi connectivity index (χ4v) is 9.26. The van der Waals surface area contributed by atoms with Crippen LogP contribution in [0.1, 0.15) is 47.0 Å². The van der Waals surface area contributed by atoms with Crippen LogP contribution in [0.2, 0.25) is 5.02 Å². The van der Waals surface area contributed by atoms with E-state index in [9.17, 15) is 19.5 Å². The summed E-state index contributed by atoms with van der Waals surface area (Å²) in [6.45, 7) is 11.8. The van der Waals surface area contributed by atoms with Crippen molar-refractivity contribution in [2.75, 3.05) is 24.7 Å². The summed E-state index contributed by atoms with van der Waals surface area (Å²) >= 11 is 8.11. The fraction of sp³-hybridized carbons (Fsp3) is 0.607. The molecule has 3 aliphatic rings. The van der Waals surface area contributed by atoms with Gasteiger partial charge < -0.3 is 19.6 Å².